The molecule has 0 fully saturated rings. The number of carbonyl (C=O) groups excluding carboxylic acids is 2. The van der Waals surface area contributed by atoms with Gasteiger partial charge in [-0.25, -0.2) is 0 Å². The number of nitro benzene ring substituents is 1. The Labute approximate surface area is 162 Å². The van der Waals surface area contributed by atoms with E-state index in [0.29, 0.717) is 11.4 Å². The number of nitrogens with one attached hydrogen (secondary N) is 2. The number of hydrogen-bond donors (Lipinski definition) is 2. The molecule has 2 aromatic rings. The summed E-state index contributed by atoms with van der Waals surface area (Å²) in [7, 11) is 3.00. The highest BCUT2D eigenvalue weighted by Gasteiger charge is 2.18. The summed E-state index contributed by atoms with van der Waals surface area (Å²) in [5.41, 5.74) is 1.54. The number of nitro groups is 1. The third kappa shape index (κ3) is 6.06. The van der Waals surface area contributed by atoms with Crippen molar-refractivity contribution < 1.29 is 19.2 Å². The summed E-state index contributed by atoms with van der Waals surface area (Å²) in [6, 6.07) is 11.5. The first kappa shape index (κ1) is 20.8. The molecular formula is C19H22N4O5. The van der Waals surface area contributed by atoms with Crippen molar-refractivity contribution >= 4 is 28.9 Å². The van der Waals surface area contributed by atoms with Gasteiger partial charge in [-0.2, -0.15) is 0 Å². The normalized spacial score (nSPS) is 10.4. The highest BCUT2D eigenvalue weighted by atomic mass is 16.6. The predicted octanol–water partition coefficient (Wildman–Crippen LogP) is 2.42. The van der Waals surface area contributed by atoms with E-state index >= 15 is 0 Å². The van der Waals surface area contributed by atoms with Crippen molar-refractivity contribution in [2.45, 2.75) is 6.92 Å². The second kappa shape index (κ2) is 9.47. The van der Waals surface area contributed by atoms with E-state index < -0.39 is 10.8 Å². The van der Waals surface area contributed by atoms with Crippen molar-refractivity contribution in [3.63, 3.8) is 0 Å². The van der Waals surface area contributed by atoms with E-state index in [9.17, 15) is 19.7 Å². The fraction of sp³-hybridized carbons (Fsp3) is 0.263. The van der Waals surface area contributed by atoms with Crippen LogP contribution in [0.25, 0.3) is 0 Å². The van der Waals surface area contributed by atoms with Gasteiger partial charge in [-0.05, 0) is 38.2 Å². The summed E-state index contributed by atoms with van der Waals surface area (Å²) >= 11 is 0. The molecule has 2 N–H and O–H groups in total. The van der Waals surface area contributed by atoms with Crippen molar-refractivity contribution in [2.75, 3.05) is 37.9 Å². The minimum atomic E-state index is -0.600. The first-order chi connectivity index (χ1) is 13.3. The van der Waals surface area contributed by atoms with Gasteiger partial charge < -0.3 is 15.4 Å². The SMILES string of the molecule is COc1ccc(NC(=O)CN(C)CC(=O)Nc2ccc(C)cc2)c([N+](=O)[O-])c1. The molecule has 0 aliphatic heterocycles. The summed E-state index contributed by atoms with van der Waals surface area (Å²) < 4.78 is 4.96. The Morgan fingerprint density at radius 2 is 1.68 bits per heavy atom. The molecule has 0 atom stereocenters. The number of anilines is 2. The fourth-order valence-corrected chi connectivity index (χ4v) is 2.47. The lowest BCUT2D eigenvalue weighted by molar-refractivity contribution is -0.384. The number of nitrogens with zero attached hydrogens (tertiary/aromatic N) is 2. The van der Waals surface area contributed by atoms with Crippen LogP contribution in [0.3, 0.4) is 0 Å². The van der Waals surface area contributed by atoms with E-state index in [1.54, 1.807) is 19.2 Å². The zero-order chi connectivity index (χ0) is 20.7. The number of aryl methyl sites for hydroxylation is 1. The first-order valence-corrected chi connectivity index (χ1v) is 8.46. The number of hydrogen-bond acceptors (Lipinski definition) is 6. The molecule has 0 saturated heterocycles. The maximum Gasteiger partial charge on any atom is 0.296 e. The van der Waals surface area contributed by atoms with E-state index in [0.717, 1.165) is 5.56 Å². The highest BCUT2D eigenvalue weighted by molar-refractivity contribution is 5.96. The third-order valence-electron chi connectivity index (χ3n) is 3.84. The first-order valence-electron chi connectivity index (χ1n) is 8.46. The van der Waals surface area contributed by atoms with Gasteiger partial charge in [-0.1, -0.05) is 17.7 Å². The minimum absolute atomic E-state index is 0.00793. The van der Waals surface area contributed by atoms with Gasteiger partial charge >= 0.3 is 0 Å². The van der Waals surface area contributed by atoms with E-state index in [1.807, 2.05) is 19.1 Å². The molecular weight excluding hydrogens is 364 g/mol. The van der Waals surface area contributed by atoms with Gasteiger partial charge in [0.1, 0.15) is 11.4 Å². The lowest BCUT2D eigenvalue weighted by atomic mass is 10.2. The molecule has 0 aliphatic carbocycles. The lowest BCUT2D eigenvalue weighted by Crippen LogP contribution is -2.36. The molecule has 9 heteroatoms. The molecule has 9 nitrogen and oxygen atoms in total. The van der Waals surface area contributed by atoms with Gasteiger partial charge in [0.15, 0.2) is 0 Å². The number of rotatable bonds is 8. The fourth-order valence-electron chi connectivity index (χ4n) is 2.47. The Balaban J connectivity index is 1.91. The number of benzene rings is 2. The molecule has 2 amide bonds. The van der Waals surface area contributed by atoms with Crippen molar-refractivity contribution in [1.82, 2.24) is 4.90 Å². The number of carbonyl (C=O) groups is 2. The van der Waals surface area contributed by atoms with Crippen LogP contribution >= 0.6 is 0 Å². The van der Waals surface area contributed by atoms with Crippen LogP contribution in [0.2, 0.25) is 0 Å². The van der Waals surface area contributed by atoms with E-state index in [1.165, 1.54) is 30.2 Å². The minimum Gasteiger partial charge on any atom is -0.496 e. The monoisotopic (exact) mass is 386 g/mol. The van der Waals surface area contributed by atoms with Crippen molar-refractivity contribution in [2.24, 2.45) is 0 Å². The van der Waals surface area contributed by atoms with Crippen molar-refractivity contribution in [3.05, 3.63) is 58.1 Å². The number of likely N-dealkylation sites (N-methyl/N-ethyl adjacent to an activating group) is 1. The third-order valence-corrected chi connectivity index (χ3v) is 3.84. The van der Waals surface area contributed by atoms with Crippen LogP contribution < -0.4 is 15.4 Å². The average molecular weight is 386 g/mol. The Morgan fingerprint density at radius 3 is 2.25 bits per heavy atom. The van der Waals surface area contributed by atoms with Crippen molar-refractivity contribution in [1.29, 1.82) is 0 Å². The molecule has 0 radical (unpaired) electrons. The zero-order valence-corrected chi connectivity index (χ0v) is 15.9. The van der Waals surface area contributed by atoms with E-state index in [-0.39, 0.29) is 30.4 Å². The summed E-state index contributed by atoms with van der Waals surface area (Å²) in [6.07, 6.45) is 0. The summed E-state index contributed by atoms with van der Waals surface area (Å²) in [6.45, 7) is 1.83. The number of amides is 2. The van der Waals surface area contributed by atoms with Crippen LogP contribution in [-0.4, -0.2) is 48.9 Å². The quantitative estimate of drug-likeness (QED) is 0.532. The molecule has 0 bridgehead atoms. The molecule has 0 saturated carbocycles. The molecule has 0 aromatic heterocycles. The van der Waals surface area contributed by atoms with Gasteiger partial charge in [0, 0.05) is 5.69 Å². The van der Waals surface area contributed by atoms with Crippen LogP contribution in [0.4, 0.5) is 17.1 Å². The standard InChI is InChI=1S/C19H22N4O5/c1-13-4-6-14(7-5-13)20-18(24)11-22(2)12-19(25)21-16-9-8-15(28-3)10-17(16)23(26)27/h4-10H,11-12H2,1-3H3,(H,20,24)(H,21,25). The van der Waals surface area contributed by atoms with Gasteiger partial charge in [0.25, 0.3) is 5.69 Å². The number of ether oxygens (including phenoxy) is 1. The molecule has 148 valence electrons. The highest BCUT2D eigenvalue weighted by Crippen LogP contribution is 2.28. The Kier molecular flexibility index (Phi) is 7.05. The Bertz CT molecular complexity index is 867. The molecule has 28 heavy (non-hydrogen) atoms. The van der Waals surface area contributed by atoms with Crippen LogP contribution in [0.1, 0.15) is 5.56 Å². The van der Waals surface area contributed by atoms with Crippen molar-refractivity contribution in [3.8, 4) is 5.75 Å². The molecule has 2 aromatic carbocycles. The topological polar surface area (TPSA) is 114 Å². The summed E-state index contributed by atoms with van der Waals surface area (Å²) in [5, 5.41) is 16.4. The number of methoxy groups -OCH3 is 1. The maximum absolute atomic E-state index is 12.2. The second-order valence-electron chi connectivity index (χ2n) is 6.27. The molecule has 2 rings (SSSR count). The van der Waals surface area contributed by atoms with E-state index in [2.05, 4.69) is 10.6 Å². The molecule has 0 heterocycles. The molecule has 0 spiro atoms. The smallest absolute Gasteiger partial charge is 0.296 e. The van der Waals surface area contributed by atoms with Gasteiger partial charge in [-0.3, -0.25) is 24.6 Å². The molecule has 0 unspecified atom stereocenters. The Morgan fingerprint density at radius 1 is 1.07 bits per heavy atom. The van der Waals surface area contributed by atoms with E-state index in [4.69, 9.17) is 4.74 Å². The predicted molar refractivity (Wildman–Crippen MR) is 106 cm³/mol. The summed E-state index contributed by atoms with van der Waals surface area (Å²) in [5.74, 6) is -0.428. The van der Waals surface area contributed by atoms with Gasteiger partial charge in [0.05, 0.1) is 31.2 Å². The van der Waals surface area contributed by atoms with Gasteiger partial charge in [-0.15, -0.1) is 0 Å². The zero-order valence-electron chi connectivity index (χ0n) is 15.9. The van der Waals surface area contributed by atoms with Gasteiger partial charge in [0.2, 0.25) is 11.8 Å². The van der Waals surface area contributed by atoms with Crippen LogP contribution in [-0.2, 0) is 9.59 Å². The largest absolute Gasteiger partial charge is 0.496 e. The average Bonchev–Trinajstić information content (AvgIpc) is 2.63. The van der Waals surface area contributed by atoms with Crippen LogP contribution in [0, 0.1) is 17.0 Å². The Hall–Kier alpha value is -3.46. The second-order valence-corrected chi connectivity index (χ2v) is 6.27. The summed E-state index contributed by atoms with van der Waals surface area (Å²) in [4.78, 5) is 36.3. The van der Waals surface area contributed by atoms with Crippen LogP contribution in [0.15, 0.2) is 42.5 Å². The lowest BCUT2D eigenvalue weighted by Gasteiger charge is -2.16. The van der Waals surface area contributed by atoms with Crippen LogP contribution in [0.5, 0.6) is 5.75 Å². The maximum atomic E-state index is 12.2. The molecule has 0 aliphatic rings.